The van der Waals surface area contributed by atoms with Crippen molar-refractivity contribution in [2.45, 2.75) is 45.2 Å². The molecule has 1 saturated heterocycles. The molecule has 1 fully saturated rings. The van der Waals surface area contributed by atoms with Crippen molar-refractivity contribution in [2.75, 3.05) is 18.4 Å². The van der Waals surface area contributed by atoms with E-state index in [1.165, 1.54) is 29.3 Å². The molecule has 2 aromatic rings. The number of anilines is 1. The Kier molecular flexibility index (Phi) is 6.29. The molecule has 0 bridgehead atoms. The fourth-order valence-corrected chi connectivity index (χ4v) is 3.53. The van der Waals surface area contributed by atoms with Gasteiger partial charge in [0.15, 0.2) is 0 Å². The van der Waals surface area contributed by atoms with Gasteiger partial charge in [0.1, 0.15) is 0 Å². The third-order valence-electron chi connectivity index (χ3n) is 5.04. The highest BCUT2D eigenvalue weighted by Gasteiger charge is 2.25. The highest BCUT2D eigenvalue weighted by Crippen LogP contribution is 2.28. The van der Waals surface area contributed by atoms with Crippen molar-refractivity contribution in [3.63, 3.8) is 0 Å². The number of carbonyl (C=O) groups is 1. The SMILES string of the molecule is Cc1cccc(CN2CCC(NC(=O)Nc3cccc(C(C)(F)F)c3)CC2)c1. The molecular formula is C22H27F2N3O. The number of nitrogens with zero attached hydrogens (tertiary/aromatic N) is 1. The number of nitrogens with one attached hydrogen (secondary N) is 2. The molecule has 6 heteroatoms. The van der Waals surface area contributed by atoms with Crippen molar-refractivity contribution in [3.05, 3.63) is 65.2 Å². The summed E-state index contributed by atoms with van der Waals surface area (Å²) >= 11 is 0. The minimum absolute atomic E-state index is 0.0876. The molecule has 0 atom stereocenters. The van der Waals surface area contributed by atoms with Gasteiger partial charge in [0.2, 0.25) is 0 Å². The predicted molar refractivity (Wildman–Crippen MR) is 108 cm³/mol. The summed E-state index contributed by atoms with van der Waals surface area (Å²) in [5.41, 5.74) is 2.82. The van der Waals surface area contributed by atoms with Gasteiger partial charge >= 0.3 is 6.03 Å². The number of hydrogen-bond donors (Lipinski definition) is 2. The lowest BCUT2D eigenvalue weighted by atomic mass is 10.0. The standard InChI is InChI=1S/C22H27F2N3O/c1-16-5-3-6-17(13-16)15-27-11-9-19(10-12-27)25-21(28)26-20-8-4-7-18(14-20)22(2,23)24/h3-8,13-14,19H,9-12,15H2,1-2H3,(H2,25,26,28). The average Bonchev–Trinajstić information content (AvgIpc) is 2.63. The van der Waals surface area contributed by atoms with Crippen LogP contribution in [0, 0.1) is 6.92 Å². The number of aryl methyl sites for hydroxylation is 1. The second kappa shape index (κ2) is 8.69. The number of benzene rings is 2. The maximum atomic E-state index is 13.4. The molecule has 150 valence electrons. The lowest BCUT2D eigenvalue weighted by Crippen LogP contribution is -2.45. The Bertz CT molecular complexity index is 811. The minimum atomic E-state index is -2.93. The molecule has 4 nitrogen and oxygen atoms in total. The number of rotatable bonds is 5. The van der Waals surface area contributed by atoms with Crippen molar-refractivity contribution in [2.24, 2.45) is 0 Å². The van der Waals surface area contributed by atoms with Gasteiger partial charge in [0, 0.05) is 43.9 Å². The second-order valence-corrected chi connectivity index (χ2v) is 7.61. The molecule has 2 aromatic carbocycles. The topological polar surface area (TPSA) is 44.4 Å². The molecule has 28 heavy (non-hydrogen) atoms. The lowest BCUT2D eigenvalue weighted by Gasteiger charge is -2.32. The molecular weight excluding hydrogens is 360 g/mol. The van der Waals surface area contributed by atoms with E-state index < -0.39 is 5.92 Å². The first-order valence-corrected chi connectivity index (χ1v) is 9.63. The first-order chi connectivity index (χ1) is 13.3. The molecule has 2 N–H and O–H groups in total. The van der Waals surface area contributed by atoms with Crippen LogP contribution in [0.25, 0.3) is 0 Å². The fourth-order valence-electron chi connectivity index (χ4n) is 3.53. The van der Waals surface area contributed by atoms with E-state index >= 15 is 0 Å². The number of hydrogen-bond acceptors (Lipinski definition) is 2. The summed E-state index contributed by atoms with van der Waals surface area (Å²) in [6.07, 6.45) is 1.73. The van der Waals surface area contributed by atoms with Gasteiger partial charge in [0.25, 0.3) is 5.92 Å². The Labute approximate surface area is 164 Å². The zero-order chi connectivity index (χ0) is 20.1. The number of piperidine rings is 1. The average molecular weight is 387 g/mol. The van der Waals surface area contributed by atoms with Gasteiger partial charge < -0.3 is 10.6 Å². The van der Waals surface area contributed by atoms with Crippen LogP contribution in [0.15, 0.2) is 48.5 Å². The Hall–Kier alpha value is -2.47. The van der Waals surface area contributed by atoms with E-state index in [1.807, 2.05) is 0 Å². The van der Waals surface area contributed by atoms with Gasteiger partial charge in [-0.3, -0.25) is 4.90 Å². The molecule has 1 aliphatic rings. The molecule has 2 amide bonds. The number of carbonyl (C=O) groups excluding carboxylic acids is 1. The Morgan fingerprint density at radius 3 is 2.54 bits per heavy atom. The first-order valence-electron chi connectivity index (χ1n) is 9.63. The van der Waals surface area contributed by atoms with Gasteiger partial charge in [0.05, 0.1) is 0 Å². The summed E-state index contributed by atoms with van der Waals surface area (Å²) in [6, 6.07) is 14.0. The van der Waals surface area contributed by atoms with Crippen molar-refractivity contribution in [1.82, 2.24) is 10.2 Å². The highest BCUT2D eigenvalue weighted by atomic mass is 19.3. The molecule has 0 aliphatic carbocycles. The number of likely N-dealkylation sites (tertiary alicyclic amines) is 1. The van der Waals surface area contributed by atoms with Crippen LogP contribution in [0.5, 0.6) is 0 Å². The molecule has 1 heterocycles. The van der Waals surface area contributed by atoms with Crippen LogP contribution >= 0.6 is 0 Å². The van der Waals surface area contributed by atoms with Crippen LogP contribution in [0.3, 0.4) is 0 Å². The maximum Gasteiger partial charge on any atom is 0.319 e. The summed E-state index contributed by atoms with van der Waals surface area (Å²) in [5.74, 6) is -2.93. The Morgan fingerprint density at radius 1 is 1.14 bits per heavy atom. The van der Waals surface area contributed by atoms with Crippen LogP contribution in [0.2, 0.25) is 0 Å². The maximum absolute atomic E-state index is 13.4. The Balaban J connectivity index is 1.46. The van der Waals surface area contributed by atoms with Crippen molar-refractivity contribution in [1.29, 1.82) is 0 Å². The molecule has 1 aliphatic heterocycles. The third kappa shape index (κ3) is 5.76. The van der Waals surface area contributed by atoms with Crippen molar-refractivity contribution >= 4 is 11.7 Å². The van der Waals surface area contributed by atoms with Gasteiger partial charge in [-0.1, -0.05) is 42.0 Å². The summed E-state index contributed by atoms with van der Waals surface area (Å²) in [5, 5.41) is 5.62. The van der Waals surface area contributed by atoms with E-state index in [-0.39, 0.29) is 17.6 Å². The molecule has 0 saturated carbocycles. The van der Waals surface area contributed by atoms with Crippen LogP contribution < -0.4 is 10.6 Å². The highest BCUT2D eigenvalue weighted by molar-refractivity contribution is 5.89. The summed E-state index contributed by atoms with van der Waals surface area (Å²) in [6.45, 7) is 5.68. The van der Waals surface area contributed by atoms with E-state index in [0.717, 1.165) is 39.4 Å². The summed E-state index contributed by atoms with van der Waals surface area (Å²) < 4.78 is 26.9. The van der Waals surface area contributed by atoms with Crippen molar-refractivity contribution < 1.29 is 13.6 Å². The fraction of sp³-hybridized carbons (Fsp3) is 0.409. The van der Waals surface area contributed by atoms with Crippen LogP contribution in [-0.2, 0) is 12.5 Å². The number of halogens is 2. The van der Waals surface area contributed by atoms with E-state index in [1.54, 1.807) is 6.07 Å². The quantitative estimate of drug-likeness (QED) is 0.767. The third-order valence-corrected chi connectivity index (χ3v) is 5.04. The van der Waals surface area contributed by atoms with E-state index in [0.29, 0.717) is 5.69 Å². The predicted octanol–water partition coefficient (Wildman–Crippen LogP) is 4.89. The van der Waals surface area contributed by atoms with Crippen LogP contribution in [0.1, 0.15) is 36.5 Å². The number of alkyl halides is 2. The van der Waals surface area contributed by atoms with E-state index in [4.69, 9.17) is 0 Å². The zero-order valence-electron chi connectivity index (χ0n) is 16.3. The summed E-state index contributed by atoms with van der Waals surface area (Å²) in [4.78, 5) is 14.6. The number of urea groups is 1. The molecule has 0 aromatic heterocycles. The van der Waals surface area contributed by atoms with Gasteiger partial charge in [-0.25, -0.2) is 13.6 Å². The van der Waals surface area contributed by atoms with E-state index in [9.17, 15) is 13.6 Å². The normalized spacial score (nSPS) is 16.0. The van der Waals surface area contributed by atoms with Gasteiger partial charge in [-0.2, -0.15) is 0 Å². The van der Waals surface area contributed by atoms with Crippen LogP contribution in [0.4, 0.5) is 19.3 Å². The molecule has 0 unspecified atom stereocenters. The lowest BCUT2D eigenvalue weighted by molar-refractivity contribution is 0.0175. The van der Waals surface area contributed by atoms with Crippen LogP contribution in [-0.4, -0.2) is 30.1 Å². The smallest absolute Gasteiger partial charge is 0.319 e. The van der Waals surface area contributed by atoms with Gasteiger partial charge in [-0.05, 0) is 37.5 Å². The monoisotopic (exact) mass is 387 g/mol. The molecule has 3 rings (SSSR count). The number of amides is 2. The van der Waals surface area contributed by atoms with Gasteiger partial charge in [-0.15, -0.1) is 0 Å². The van der Waals surface area contributed by atoms with Crippen molar-refractivity contribution in [3.8, 4) is 0 Å². The summed E-state index contributed by atoms with van der Waals surface area (Å²) in [7, 11) is 0. The molecule has 0 spiro atoms. The Morgan fingerprint density at radius 2 is 1.86 bits per heavy atom. The minimum Gasteiger partial charge on any atom is -0.335 e. The molecule has 0 radical (unpaired) electrons. The largest absolute Gasteiger partial charge is 0.335 e. The first kappa shape index (κ1) is 20.3. The second-order valence-electron chi connectivity index (χ2n) is 7.61. The van der Waals surface area contributed by atoms with E-state index in [2.05, 4.69) is 46.7 Å². The zero-order valence-corrected chi connectivity index (χ0v) is 16.3.